The summed E-state index contributed by atoms with van der Waals surface area (Å²) in [6, 6.07) is 13.5. The van der Waals surface area contributed by atoms with Gasteiger partial charge in [-0.25, -0.2) is 9.18 Å². The van der Waals surface area contributed by atoms with Crippen LogP contribution in [0.5, 0.6) is 0 Å². The average Bonchev–Trinajstić information content (AvgIpc) is 2.73. The Morgan fingerprint density at radius 3 is 2.47 bits per heavy atom. The smallest absolute Gasteiger partial charge is 0.392 e. The Bertz CT molecular complexity index is 1160. The van der Waals surface area contributed by atoms with E-state index in [-0.39, 0.29) is 11.7 Å². The summed E-state index contributed by atoms with van der Waals surface area (Å²) >= 11 is 0. The van der Waals surface area contributed by atoms with Crippen molar-refractivity contribution in [2.75, 3.05) is 0 Å². The molecule has 3 unspecified atom stereocenters. The number of para-hydroxylation sites is 1. The lowest BCUT2D eigenvalue weighted by Crippen LogP contribution is -2.23. The summed E-state index contributed by atoms with van der Waals surface area (Å²) in [4.78, 5) is 25.6. The molecule has 3 aromatic rings. The zero-order valence-corrected chi connectivity index (χ0v) is 18.6. The van der Waals surface area contributed by atoms with E-state index in [1.165, 1.54) is 18.2 Å². The molecule has 8 heteroatoms. The summed E-state index contributed by atoms with van der Waals surface area (Å²) in [7, 11) is -3.12. The molecule has 0 amide bonds. The number of hydrogen-bond acceptors (Lipinski definition) is 5. The van der Waals surface area contributed by atoms with Gasteiger partial charge in [0.1, 0.15) is 5.82 Å². The summed E-state index contributed by atoms with van der Waals surface area (Å²) in [6.07, 6.45) is -0.276. The summed E-state index contributed by atoms with van der Waals surface area (Å²) < 4.78 is 28.8. The van der Waals surface area contributed by atoms with Crippen LogP contribution in [0.1, 0.15) is 43.4 Å². The molecule has 6 nitrogen and oxygen atoms in total. The Hall–Kier alpha value is -2.99. The second-order valence-electron chi connectivity index (χ2n) is 7.70. The van der Waals surface area contributed by atoms with Crippen LogP contribution in [0, 0.1) is 5.82 Å². The second kappa shape index (κ2) is 10.1. The highest BCUT2D eigenvalue weighted by Crippen LogP contribution is 2.41. The highest BCUT2D eigenvalue weighted by atomic mass is 31.1. The first-order valence-corrected chi connectivity index (χ1v) is 11.2. The Labute approximate surface area is 186 Å². The molecule has 0 aliphatic rings. The maximum atomic E-state index is 13.7. The van der Waals surface area contributed by atoms with E-state index >= 15 is 0 Å². The quantitative estimate of drug-likeness (QED) is 0.349. The lowest BCUT2D eigenvalue weighted by Gasteiger charge is -2.27. The molecule has 1 heterocycles. The molecule has 0 fully saturated rings. The molecule has 1 aromatic heterocycles. The van der Waals surface area contributed by atoms with Crippen LogP contribution in [-0.2, 0) is 13.9 Å². The SMILES string of the molecule is C=CC(c1c(C(C)C)nc2ccccc2c1-c1ccc(F)cc1)C(O)CC(=O)O[P+](=O)O. The lowest BCUT2D eigenvalue weighted by atomic mass is 9.81. The molecule has 3 atom stereocenters. The minimum Gasteiger partial charge on any atom is -0.392 e. The number of pyridine rings is 1. The standard InChI is InChI=1S/C24H23FNO5P/c1-4-17(20(27)13-21(28)31-32(29)30)23-22(15-9-11-16(25)12-10-15)18-7-5-6-8-19(18)26-24(23)14(2)3/h4-12,14,17,20,27H,1,13H2,2-3H3/p+1. The minimum atomic E-state index is -3.12. The fourth-order valence-corrected chi connectivity index (χ4v) is 4.09. The van der Waals surface area contributed by atoms with Crippen molar-refractivity contribution in [2.45, 2.75) is 38.2 Å². The molecule has 0 bridgehead atoms. The van der Waals surface area contributed by atoms with Crippen molar-refractivity contribution in [2.24, 2.45) is 0 Å². The van der Waals surface area contributed by atoms with Gasteiger partial charge in [0.2, 0.25) is 0 Å². The third-order valence-electron chi connectivity index (χ3n) is 5.20. The maximum Gasteiger partial charge on any atom is 0.750 e. The Morgan fingerprint density at radius 1 is 1.22 bits per heavy atom. The van der Waals surface area contributed by atoms with Gasteiger partial charge in [0.15, 0.2) is 0 Å². The van der Waals surface area contributed by atoms with Gasteiger partial charge in [-0.3, -0.25) is 4.98 Å². The molecule has 0 aliphatic heterocycles. The van der Waals surface area contributed by atoms with Crippen molar-refractivity contribution >= 4 is 25.1 Å². The Balaban J connectivity index is 2.27. The molecule has 0 radical (unpaired) electrons. The zero-order chi connectivity index (χ0) is 23.4. The average molecular weight is 456 g/mol. The number of halogens is 1. The van der Waals surface area contributed by atoms with Crippen molar-refractivity contribution in [3.63, 3.8) is 0 Å². The predicted molar refractivity (Wildman–Crippen MR) is 121 cm³/mol. The fraction of sp³-hybridized carbons (Fsp3) is 0.250. The number of rotatable bonds is 8. The van der Waals surface area contributed by atoms with E-state index in [9.17, 15) is 18.9 Å². The Morgan fingerprint density at radius 2 is 1.88 bits per heavy atom. The minimum absolute atomic E-state index is 0.0395. The van der Waals surface area contributed by atoms with Gasteiger partial charge in [0, 0.05) is 21.6 Å². The fourth-order valence-electron chi connectivity index (χ4n) is 3.84. The van der Waals surface area contributed by atoms with Gasteiger partial charge in [-0.1, -0.05) is 50.3 Å². The van der Waals surface area contributed by atoms with Gasteiger partial charge in [-0.15, -0.1) is 11.5 Å². The molecule has 0 aliphatic carbocycles. The van der Waals surface area contributed by atoms with E-state index in [0.29, 0.717) is 11.3 Å². The molecule has 166 valence electrons. The van der Waals surface area contributed by atoms with Crippen LogP contribution in [-0.4, -0.2) is 27.1 Å². The van der Waals surface area contributed by atoms with Crippen LogP contribution in [0.3, 0.4) is 0 Å². The van der Waals surface area contributed by atoms with Crippen LogP contribution in [0.25, 0.3) is 22.0 Å². The van der Waals surface area contributed by atoms with Crippen LogP contribution in [0.4, 0.5) is 4.39 Å². The highest BCUT2D eigenvalue weighted by molar-refractivity contribution is 7.32. The van der Waals surface area contributed by atoms with E-state index in [0.717, 1.165) is 22.0 Å². The first-order valence-electron chi connectivity index (χ1n) is 10.1. The van der Waals surface area contributed by atoms with Gasteiger partial charge in [-0.2, -0.15) is 4.52 Å². The maximum absolute atomic E-state index is 13.7. The normalized spacial score (nSPS) is 13.6. The number of aliphatic hydroxyl groups is 1. The number of fused-ring (bicyclic) bond motifs is 1. The molecular weight excluding hydrogens is 432 g/mol. The van der Waals surface area contributed by atoms with Gasteiger partial charge in [-0.05, 0) is 40.8 Å². The number of nitrogens with zero attached hydrogens (tertiary/aromatic N) is 1. The first-order chi connectivity index (χ1) is 15.2. The van der Waals surface area contributed by atoms with Gasteiger partial charge >= 0.3 is 14.2 Å². The molecule has 32 heavy (non-hydrogen) atoms. The summed E-state index contributed by atoms with van der Waals surface area (Å²) in [5.74, 6) is -2.16. The largest absolute Gasteiger partial charge is 0.750 e. The van der Waals surface area contributed by atoms with E-state index in [2.05, 4.69) is 11.1 Å². The number of carbonyl (C=O) groups is 1. The molecule has 0 spiro atoms. The van der Waals surface area contributed by atoms with E-state index < -0.39 is 32.7 Å². The molecule has 2 aromatic carbocycles. The second-order valence-corrected chi connectivity index (χ2v) is 8.36. The predicted octanol–water partition coefficient (Wildman–Crippen LogP) is 5.38. The molecule has 0 saturated carbocycles. The molecule has 3 rings (SSSR count). The van der Waals surface area contributed by atoms with E-state index in [4.69, 9.17) is 9.88 Å². The molecule has 0 saturated heterocycles. The van der Waals surface area contributed by atoms with Crippen LogP contribution >= 0.6 is 8.25 Å². The number of carbonyl (C=O) groups excluding carboxylic acids is 1. The van der Waals surface area contributed by atoms with Gasteiger partial charge in [0.25, 0.3) is 0 Å². The van der Waals surface area contributed by atoms with Crippen LogP contribution in [0.15, 0.2) is 61.2 Å². The third kappa shape index (κ3) is 5.07. The zero-order valence-electron chi connectivity index (χ0n) is 17.7. The van der Waals surface area contributed by atoms with Crippen LogP contribution in [0.2, 0.25) is 0 Å². The number of aliphatic hydroxyl groups excluding tert-OH is 1. The Kier molecular flexibility index (Phi) is 7.46. The highest BCUT2D eigenvalue weighted by Gasteiger charge is 2.32. The monoisotopic (exact) mass is 456 g/mol. The van der Waals surface area contributed by atoms with E-state index in [1.54, 1.807) is 12.1 Å². The number of hydrogen-bond donors (Lipinski definition) is 2. The van der Waals surface area contributed by atoms with Crippen molar-refractivity contribution in [3.8, 4) is 11.1 Å². The van der Waals surface area contributed by atoms with Crippen LogP contribution < -0.4 is 0 Å². The van der Waals surface area contributed by atoms with E-state index in [1.807, 2.05) is 38.1 Å². The van der Waals surface area contributed by atoms with Crippen molar-refractivity contribution in [3.05, 3.63) is 78.3 Å². The van der Waals surface area contributed by atoms with Crippen molar-refractivity contribution in [1.82, 2.24) is 4.98 Å². The third-order valence-corrected chi connectivity index (χ3v) is 5.56. The number of aromatic nitrogens is 1. The molecule has 2 N–H and O–H groups in total. The molecular formula is C24H24FNO5P+. The van der Waals surface area contributed by atoms with Crippen molar-refractivity contribution < 1.29 is 28.3 Å². The van der Waals surface area contributed by atoms with Gasteiger partial charge in [0.05, 0.1) is 18.0 Å². The summed E-state index contributed by atoms with van der Waals surface area (Å²) in [5, 5.41) is 11.7. The topological polar surface area (TPSA) is 96.7 Å². The summed E-state index contributed by atoms with van der Waals surface area (Å²) in [6.45, 7) is 7.78. The lowest BCUT2D eigenvalue weighted by molar-refractivity contribution is -0.136. The first kappa shape index (κ1) is 23.7. The number of benzene rings is 2. The van der Waals surface area contributed by atoms with Gasteiger partial charge < -0.3 is 5.11 Å². The van der Waals surface area contributed by atoms with Crippen molar-refractivity contribution in [1.29, 1.82) is 0 Å². The summed E-state index contributed by atoms with van der Waals surface area (Å²) in [5.41, 5.74) is 3.59.